The molecule has 1 nitrogen and oxygen atoms in total. The lowest BCUT2D eigenvalue weighted by atomic mass is 9.70. The maximum Gasteiger partial charge on any atom is 0.0745 e. The summed E-state index contributed by atoms with van der Waals surface area (Å²) in [5.41, 5.74) is 22.8. The zero-order valence-corrected chi connectivity index (χ0v) is 31.7. The Bertz CT molecular complexity index is 2720. The summed E-state index contributed by atoms with van der Waals surface area (Å²) in [7, 11) is 4.30. The minimum Gasteiger partial charge on any atom is -0.377 e. The van der Waals surface area contributed by atoms with Crippen molar-refractivity contribution in [2.75, 3.05) is 19.0 Å². The molecule has 264 valence electrons. The van der Waals surface area contributed by atoms with E-state index in [1.807, 2.05) is 0 Å². The molecule has 0 bridgehead atoms. The average Bonchev–Trinajstić information content (AvgIpc) is 3.91. The number of benzene rings is 8. The Labute approximate surface area is 332 Å². The molecule has 0 heterocycles. The minimum absolute atomic E-state index is 0. The van der Waals surface area contributed by atoms with E-state index in [1.54, 1.807) is 0 Å². The fourth-order valence-electron chi connectivity index (χ4n) is 10.6. The van der Waals surface area contributed by atoms with Crippen LogP contribution in [0, 0.1) is 0 Å². The number of hydrogen-bond acceptors (Lipinski definition) is 1. The van der Waals surface area contributed by atoms with Crippen LogP contribution in [0.25, 0.3) is 44.5 Å². The van der Waals surface area contributed by atoms with Gasteiger partial charge < -0.3 is 4.90 Å². The van der Waals surface area contributed by atoms with Gasteiger partial charge in [0.15, 0.2) is 0 Å². The van der Waals surface area contributed by atoms with Gasteiger partial charge in [-0.3, -0.25) is 0 Å². The molecule has 2 spiro atoms. The molecule has 8 aromatic carbocycles. The summed E-state index contributed by atoms with van der Waals surface area (Å²) in [6, 6.07) is 66.9. The van der Waals surface area contributed by atoms with Crippen LogP contribution >= 0.6 is 15.9 Å². The Morgan fingerprint density at radius 1 is 0.327 bits per heavy atom. The summed E-state index contributed by atoms with van der Waals surface area (Å²) in [5.74, 6) is 0. The first-order valence-electron chi connectivity index (χ1n) is 18.8. The second kappa shape index (κ2) is 12.3. The molecule has 8 aromatic rings. The second-order valence-corrected chi connectivity index (χ2v) is 15.9. The molecule has 0 unspecified atom stereocenters. The standard InChI is InChI=1S/C27H21N.C25H15Br.CH4/c1-28(2)25-17-9-13-21-20-12-5-8-16-24(20)27(26(21)25)22-14-6-3-10-18(22)19-11-4-7-15-23(19)27;26-23-15-7-11-19-18-10-3-6-14-22(18)25(24(19)23)20-12-4-1-8-16(20)17-9-2-5-13-21(17)25;/h3-17H,1-2H3;1-15H;1H4. The van der Waals surface area contributed by atoms with E-state index in [1.165, 1.54) is 99.2 Å². The third-order valence-electron chi connectivity index (χ3n) is 12.4. The highest BCUT2D eigenvalue weighted by atomic mass is 79.9. The van der Waals surface area contributed by atoms with E-state index >= 15 is 0 Å². The van der Waals surface area contributed by atoms with Crippen LogP contribution in [0.5, 0.6) is 0 Å². The summed E-state index contributed by atoms with van der Waals surface area (Å²) in [6.07, 6.45) is 0. The summed E-state index contributed by atoms with van der Waals surface area (Å²) in [5, 5.41) is 0. The third-order valence-corrected chi connectivity index (χ3v) is 13.1. The molecule has 55 heavy (non-hydrogen) atoms. The van der Waals surface area contributed by atoms with Gasteiger partial charge >= 0.3 is 0 Å². The summed E-state index contributed by atoms with van der Waals surface area (Å²) < 4.78 is 1.18. The van der Waals surface area contributed by atoms with Crippen LogP contribution in [-0.4, -0.2) is 14.1 Å². The molecule has 0 fully saturated rings. The zero-order valence-electron chi connectivity index (χ0n) is 30.1. The molecule has 0 atom stereocenters. The molecule has 4 aliphatic rings. The highest BCUT2D eigenvalue weighted by Gasteiger charge is 2.54. The van der Waals surface area contributed by atoms with E-state index in [4.69, 9.17) is 0 Å². The monoisotopic (exact) mass is 769 g/mol. The van der Waals surface area contributed by atoms with E-state index < -0.39 is 0 Å². The molecule has 12 rings (SSSR count). The van der Waals surface area contributed by atoms with Gasteiger partial charge in [0.05, 0.1) is 10.8 Å². The van der Waals surface area contributed by atoms with E-state index in [0.29, 0.717) is 0 Å². The normalized spacial score (nSPS) is 14.2. The van der Waals surface area contributed by atoms with Crippen molar-refractivity contribution in [2.45, 2.75) is 18.3 Å². The van der Waals surface area contributed by atoms with Crippen LogP contribution in [-0.2, 0) is 10.8 Å². The van der Waals surface area contributed by atoms with Crippen molar-refractivity contribution in [1.29, 1.82) is 0 Å². The first kappa shape index (κ1) is 33.6. The van der Waals surface area contributed by atoms with Gasteiger partial charge in [0, 0.05) is 29.8 Å². The molecular formula is C53H40BrN. The van der Waals surface area contributed by atoms with Gasteiger partial charge in [0.2, 0.25) is 0 Å². The number of nitrogens with zero attached hydrogens (tertiary/aromatic N) is 1. The minimum atomic E-state index is -0.250. The van der Waals surface area contributed by atoms with Gasteiger partial charge in [0.1, 0.15) is 0 Å². The molecular weight excluding hydrogens is 730 g/mol. The van der Waals surface area contributed by atoms with Crippen LogP contribution < -0.4 is 4.90 Å². The molecule has 0 amide bonds. The van der Waals surface area contributed by atoms with Crippen LogP contribution in [0.15, 0.2) is 186 Å². The van der Waals surface area contributed by atoms with Crippen molar-refractivity contribution in [3.8, 4) is 44.5 Å². The quantitative estimate of drug-likeness (QED) is 0.161. The summed E-state index contributed by atoms with van der Waals surface area (Å²) in [4.78, 5) is 2.26. The van der Waals surface area contributed by atoms with Gasteiger partial charge in [-0.25, -0.2) is 0 Å². The predicted molar refractivity (Wildman–Crippen MR) is 234 cm³/mol. The molecule has 0 radical (unpaired) electrons. The highest BCUT2D eigenvalue weighted by Crippen LogP contribution is 2.65. The molecule has 0 aliphatic heterocycles. The fourth-order valence-corrected chi connectivity index (χ4v) is 11.3. The Morgan fingerprint density at radius 3 is 0.964 bits per heavy atom. The van der Waals surface area contributed by atoms with Crippen molar-refractivity contribution in [3.05, 3.63) is 231 Å². The number of hydrogen-bond donors (Lipinski definition) is 0. The molecule has 0 saturated carbocycles. The van der Waals surface area contributed by atoms with Crippen LogP contribution in [0.4, 0.5) is 5.69 Å². The van der Waals surface area contributed by atoms with Gasteiger partial charge in [-0.2, -0.15) is 0 Å². The van der Waals surface area contributed by atoms with Gasteiger partial charge in [-0.05, 0) is 95.6 Å². The van der Waals surface area contributed by atoms with E-state index in [0.717, 1.165) is 0 Å². The van der Waals surface area contributed by atoms with Crippen molar-refractivity contribution in [2.24, 2.45) is 0 Å². The highest BCUT2D eigenvalue weighted by molar-refractivity contribution is 9.10. The first-order valence-corrected chi connectivity index (χ1v) is 19.6. The molecule has 4 aliphatic carbocycles. The third kappa shape index (κ3) is 4.18. The predicted octanol–water partition coefficient (Wildman–Crippen LogP) is 13.5. The van der Waals surface area contributed by atoms with Gasteiger partial charge in [-0.1, -0.05) is 193 Å². The maximum absolute atomic E-state index is 3.89. The Hall–Kier alpha value is -5.96. The van der Waals surface area contributed by atoms with Crippen LogP contribution in [0.2, 0.25) is 0 Å². The Balaban J connectivity index is 0.000000133. The summed E-state index contributed by atoms with van der Waals surface area (Å²) in [6.45, 7) is 0. The summed E-state index contributed by atoms with van der Waals surface area (Å²) >= 11 is 3.89. The second-order valence-electron chi connectivity index (χ2n) is 15.0. The first-order chi connectivity index (χ1) is 26.6. The Kier molecular flexibility index (Phi) is 7.50. The average molecular weight is 771 g/mol. The Morgan fingerprint density at radius 2 is 0.600 bits per heavy atom. The lowest BCUT2D eigenvalue weighted by Crippen LogP contribution is -2.28. The smallest absolute Gasteiger partial charge is 0.0745 e. The van der Waals surface area contributed by atoms with Crippen LogP contribution in [0.1, 0.15) is 51.9 Å². The molecule has 0 N–H and O–H groups in total. The lowest BCUT2D eigenvalue weighted by molar-refractivity contribution is 0.789. The number of fused-ring (bicyclic) bond motifs is 20. The van der Waals surface area contributed by atoms with Crippen molar-refractivity contribution in [1.82, 2.24) is 0 Å². The zero-order chi connectivity index (χ0) is 36.2. The van der Waals surface area contributed by atoms with Gasteiger partial charge in [0.25, 0.3) is 0 Å². The number of anilines is 1. The fraction of sp³-hybridized carbons (Fsp3) is 0.0943. The van der Waals surface area contributed by atoms with E-state index in [-0.39, 0.29) is 18.3 Å². The molecule has 0 saturated heterocycles. The van der Waals surface area contributed by atoms with Crippen molar-refractivity contribution >= 4 is 21.6 Å². The van der Waals surface area contributed by atoms with Crippen molar-refractivity contribution < 1.29 is 0 Å². The van der Waals surface area contributed by atoms with E-state index in [9.17, 15) is 0 Å². The SMILES string of the molecule is Brc1cccc2c1C1(c3ccccc3-c3ccccc31)c1ccccc1-2.C.CN(C)c1cccc2c1C1(c3ccccc3-c3ccccc31)c1ccccc1-2. The number of halogens is 1. The number of rotatable bonds is 1. The molecule has 2 heteroatoms. The topological polar surface area (TPSA) is 3.24 Å². The largest absolute Gasteiger partial charge is 0.377 e. The lowest BCUT2D eigenvalue weighted by Gasteiger charge is -2.33. The van der Waals surface area contributed by atoms with Crippen molar-refractivity contribution in [3.63, 3.8) is 0 Å². The van der Waals surface area contributed by atoms with E-state index in [2.05, 4.69) is 217 Å². The maximum atomic E-state index is 3.89. The van der Waals surface area contributed by atoms with Gasteiger partial charge in [-0.15, -0.1) is 0 Å². The van der Waals surface area contributed by atoms with Crippen LogP contribution in [0.3, 0.4) is 0 Å². The molecule has 0 aromatic heterocycles.